The van der Waals surface area contributed by atoms with Crippen LogP contribution in [0, 0.1) is 0 Å². The number of aliphatic imine (C=N–C) groups is 1. The molecular weight excluding hydrogens is 494 g/mol. The molecule has 0 radical (unpaired) electrons. The summed E-state index contributed by atoms with van der Waals surface area (Å²) in [5.41, 5.74) is 5.79. The van der Waals surface area contributed by atoms with Gasteiger partial charge in [-0.2, -0.15) is 26.3 Å². The fourth-order valence-corrected chi connectivity index (χ4v) is 3.33. The molecule has 1 aliphatic carbocycles. The lowest BCUT2D eigenvalue weighted by Crippen LogP contribution is -2.59. The van der Waals surface area contributed by atoms with Gasteiger partial charge in [-0.25, -0.2) is 4.99 Å². The summed E-state index contributed by atoms with van der Waals surface area (Å²) in [5.74, 6) is -1.68. The summed E-state index contributed by atoms with van der Waals surface area (Å²) in [6.07, 6.45) is -23.2. The van der Waals surface area contributed by atoms with E-state index in [4.69, 9.17) is 15.2 Å². The van der Waals surface area contributed by atoms with Crippen molar-refractivity contribution >= 4 is 17.8 Å². The summed E-state index contributed by atoms with van der Waals surface area (Å²) < 4.78 is 88.6. The first kappa shape index (κ1) is 30.4. The van der Waals surface area contributed by atoms with Crippen molar-refractivity contribution in [3.63, 3.8) is 0 Å². The smallest absolute Gasteiger partial charge is 0.417 e. The molecule has 0 saturated heterocycles. The minimum atomic E-state index is -5.60. The van der Waals surface area contributed by atoms with Gasteiger partial charge < -0.3 is 36.1 Å². The number of halogens is 6. The number of nitrogens with one attached hydrogen (secondary N) is 2. The molecule has 1 amide bonds. The van der Waals surface area contributed by atoms with Crippen molar-refractivity contribution in [1.82, 2.24) is 10.6 Å². The number of carbonyl (C=O) groups excluding carboxylic acids is 2. The van der Waals surface area contributed by atoms with Crippen molar-refractivity contribution in [2.45, 2.75) is 75.5 Å². The molecule has 1 aliphatic rings. The van der Waals surface area contributed by atoms with Gasteiger partial charge >= 0.3 is 18.3 Å². The Hall–Kier alpha value is -2.59. The van der Waals surface area contributed by atoms with Crippen LogP contribution in [0.15, 0.2) is 16.6 Å². The van der Waals surface area contributed by atoms with E-state index in [1.807, 2.05) is 0 Å². The van der Waals surface area contributed by atoms with E-state index in [0.717, 1.165) is 13.0 Å². The first-order valence-corrected chi connectivity index (χ1v) is 10.3. The highest BCUT2D eigenvalue weighted by atomic mass is 19.4. The van der Waals surface area contributed by atoms with E-state index in [-0.39, 0.29) is 24.6 Å². The van der Waals surface area contributed by atoms with Crippen LogP contribution in [-0.2, 0) is 19.1 Å². The maximum absolute atomic E-state index is 13.1. The van der Waals surface area contributed by atoms with Gasteiger partial charge in [0.1, 0.15) is 6.10 Å². The van der Waals surface area contributed by atoms with Gasteiger partial charge in [0, 0.05) is 14.0 Å². The number of carbonyl (C=O) groups is 2. The van der Waals surface area contributed by atoms with Crippen molar-refractivity contribution in [1.29, 1.82) is 0 Å². The van der Waals surface area contributed by atoms with E-state index in [9.17, 15) is 46.1 Å². The van der Waals surface area contributed by atoms with E-state index >= 15 is 0 Å². The van der Waals surface area contributed by atoms with E-state index in [1.165, 1.54) is 14.0 Å². The van der Waals surface area contributed by atoms with Crippen LogP contribution in [0.1, 0.15) is 26.7 Å². The number of ether oxygens (including phenoxy) is 2. The molecule has 0 heterocycles. The van der Waals surface area contributed by atoms with Crippen molar-refractivity contribution in [2.75, 3.05) is 13.7 Å². The lowest BCUT2D eigenvalue weighted by atomic mass is 9.86. The summed E-state index contributed by atoms with van der Waals surface area (Å²) in [4.78, 5) is 27.8. The first-order valence-electron chi connectivity index (χ1n) is 10.3. The maximum Gasteiger partial charge on any atom is 0.417 e. The zero-order chi connectivity index (χ0) is 27.1. The molecule has 0 aliphatic heterocycles. The minimum absolute atomic E-state index is 0.00642. The zero-order valence-corrected chi connectivity index (χ0v) is 19.0. The highest BCUT2D eigenvalue weighted by Gasteiger charge is 2.55. The predicted molar refractivity (Wildman–Crippen MR) is 109 cm³/mol. The van der Waals surface area contributed by atoms with Crippen LogP contribution in [0.3, 0.4) is 0 Å². The Morgan fingerprint density at radius 3 is 2.17 bits per heavy atom. The van der Waals surface area contributed by atoms with Crippen LogP contribution in [0.2, 0.25) is 0 Å². The van der Waals surface area contributed by atoms with Crippen LogP contribution in [0.4, 0.5) is 26.3 Å². The predicted octanol–water partition coefficient (Wildman–Crippen LogP) is 0.277. The summed E-state index contributed by atoms with van der Waals surface area (Å²) in [7, 11) is 1.38. The summed E-state index contributed by atoms with van der Waals surface area (Å²) in [6.45, 7) is 2.56. The number of nitrogens with two attached hydrogens (primary N) is 1. The molecule has 2 unspecified atom stereocenters. The van der Waals surface area contributed by atoms with Crippen LogP contribution in [0.25, 0.3) is 0 Å². The minimum Gasteiger partial charge on any atom is -0.466 e. The number of amides is 1. The third-order valence-electron chi connectivity index (χ3n) is 4.85. The van der Waals surface area contributed by atoms with Crippen molar-refractivity contribution in [2.24, 2.45) is 10.7 Å². The second-order valence-corrected chi connectivity index (χ2v) is 7.61. The number of nitrogens with zero attached hydrogens (tertiary/aromatic N) is 1. The van der Waals surface area contributed by atoms with Crippen LogP contribution >= 0.6 is 0 Å². The molecule has 202 valence electrons. The monoisotopic (exact) mass is 522 g/mol. The molecule has 1 rings (SSSR count). The number of rotatable bonds is 9. The SMILES string of the molecule is CCOC(=O)CC1=C[C@@H](OC(C(O)C(F)(F)F)C(O)C(F)(F)F)[C@H](NC(C)=O)[C@@H](N=C(N)NC)C1. The molecule has 5 atom stereocenters. The van der Waals surface area contributed by atoms with Crippen molar-refractivity contribution in [3.8, 4) is 0 Å². The van der Waals surface area contributed by atoms with E-state index in [1.54, 1.807) is 0 Å². The summed E-state index contributed by atoms with van der Waals surface area (Å²) in [6, 6.07) is -2.49. The lowest BCUT2D eigenvalue weighted by molar-refractivity contribution is -0.296. The number of aliphatic hydroxyl groups is 2. The standard InChI is InChI=1S/C19H28F6N4O6/c1-4-34-12(31)7-9-5-10(29-17(26)27-3)13(28-8(2)30)11(6-9)35-14(15(32)18(20,21)22)16(33)19(23,24)25/h6,10-11,13-16,32-33H,4-5,7H2,1-3H3,(H,28,30)(H3,26,27,29)/t10-,11+,13+,14?,15?,16?/m0/s1. The molecule has 0 saturated carbocycles. The molecule has 35 heavy (non-hydrogen) atoms. The molecule has 0 aromatic heterocycles. The Bertz CT molecular complexity index is 784. The molecule has 0 aromatic carbocycles. The maximum atomic E-state index is 13.1. The van der Waals surface area contributed by atoms with Gasteiger partial charge in [0.15, 0.2) is 18.2 Å². The fourth-order valence-electron chi connectivity index (χ4n) is 3.33. The van der Waals surface area contributed by atoms with Crippen molar-refractivity contribution in [3.05, 3.63) is 11.6 Å². The average molecular weight is 522 g/mol. The Kier molecular flexibility index (Phi) is 10.8. The van der Waals surface area contributed by atoms with E-state index in [0.29, 0.717) is 0 Å². The van der Waals surface area contributed by atoms with Gasteiger partial charge in [0.2, 0.25) is 5.91 Å². The highest BCUT2D eigenvalue weighted by molar-refractivity contribution is 5.78. The second-order valence-electron chi connectivity index (χ2n) is 7.61. The summed E-state index contributed by atoms with van der Waals surface area (Å²) >= 11 is 0. The molecule has 0 bridgehead atoms. The molecule has 10 nitrogen and oxygen atoms in total. The number of alkyl halides is 6. The Morgan fingerprint density at radius 1 is 1.20 bits per heavy atom. The number of guanidine groups is 1. The van der Waals surface area contributed by atoms with Crippen molar-refractivity contribution < 1.29 is 55.6 Å². The number of hydrogen-bond donors (Lipinski definition) is 5. The molecule has 0 fully saturated rings. The Balaban J connectivity index is 3.56. The van der Waals surface area contributed by atoms with Crippen LogP contribution < -0.4 is 16.4 Å². The molecule has 0 aromatic rings. The molecule has 6 N–H and O–H groups in total. The highest BCUT2D eigenvalue weighted by Crippen LogP contribution is 2.35. The third kappa shape index (κ3) is 9.18. The van der Waals surface area contributed by atoms with Crippen LogP contribution in [0.5, 0.6) is 0 Å². The Labute approximate surface area is 196 Å². The average Bonchev–Trinajstić information content (AvgIpc) is 2.71. The zero-order valence-electron chi connectivity index (χ0n) is 19.0. The Morgan fingerprint density at radius 2 is 1.74 bits per heavy atom. The van der Waals surface area contributed by atoms with Gasteiger partial charge in [-0.15, -0.1) is 0 Å². The molecular formula is C19H28F6N4O6. The number of hydrogen-bond acceptors (Lipinski definition) is 7. The largest absolute Gasteiger partial charge is 0.466 e. The third-order valence-corrected chi connectivity index (χ3v) is 4.85. The van der Waals surface area contributed by atoms with Gasteiger partial charge in [-0.1, -0.05) is 11.6 Å². The molecule has 16 heteroatoms. The molecule has 0 spiro atoms. The van der Waals surface area contributed by atoms with Gasteiger partial charge in [0.05, 0.1) is 31.2 Å². The second kappa shape index (κ2) is 12.4. The normalized spacial score (nSPS) is 24.1. The fraction of sp³-hybridized carbons (Fsp3) is 0.737. The van der Waals surface area contributed by atoms with E-state index < -0.39 is 67.1 Å². The quantitative estimate of drug-likeness (QED) is 0.0951. The topological polar surface area (TPSA) is 156 Å². The lowest BCUT2D eigenvalue weighted by Gasteiger charge is -2.39. The summed E-state index contributed by atoms with van der Waals surface area (Å²) in [5, 5.41) is 23.9. The van der Waals surface area contributed by atoms with Gasteiger partial charge in [-0.3, -0.25) is 9.59 Å². The van der Waals surface area contributed by atoms with Crippen LogP contribution in [-0.4, -0.2) is 90.6 Å². The number of aliphatic hydroxyl groups excluding tert-OH is 2. The van der Waals surface area contributed by atoms with Gasteiger partial charge in [-0.05, 0) is 13.3 Å². The van der Waals surface area contributed by atoms with Gasteiger partial charge in [0.25, 0.3) is 0 Å². The number of esters is 1. The van der Waals surface area contributed by atoms with E-state index in [2.05, 4.69) is 15.6 Å². The first-order chi connectivity index (χ1) is 16.0.